The van der Waals surface area contributed by atoms with Crippen LogP contribution in [0.25, 0.3) is 0 Å². The van der Waals surface area contributed by atoms with E-state index in [9.17, 15) is 9.59 Å². The van der Waals surface area contributed by atoms with Crippen molar-refractivity contribution in [3.63, 3.8) is 0 Å². The van der Waals surface area contributed by atoms with Gasteiger partial charge in [0.15, 0.2) is 0 Å². The van der Waals surface area contributed by atoms with Crippen LogP contribution in [0, 0.1) is 11.3 Å². The molecule has 0 aromatic rings. The predicted molar refractivity (Wildman–Crippen MR) is 82.8 cm³/mol. The molecule has 0 aromatic heterocycles. The second-order valence-electron chi connectivity index (χ2n) is 7.08. The van der Waals surface area contributed by atoms with Gasteiger partial charge in [-0.2, -0.15) is 0 Å². The van der Waals surface area contributed by atoms with Crippen molar-refractivity contribution in [2.45, 2.75) is 40.0 Å². The minimum Gasteiger partial charge on any atom is -0.339 e. The van der Waals surface area contributed by atoms with Crippen molar-refractivity contribution in [1.82, 2.24) is 15.1 Å². The van der Waals surface area contributed by atoms with Crippen LogP contribution in [0.15, 0.2) is 0 Å². The SMILES string of the molecule is CC(C)CC(=O)N1CCN(C(=O)C2(C)CCNCC2)CC1. The zero-order valence-corrected chi connectivity index (χ0v) is 13.7. The zero-order chi connectivity index (χ0) is 15.5. The second kappa shape index (κ2) is 6.77. The number of hydrogen-bond donors (Lipinski definition) is 1. The number of carbonyl (C=O) groups is 2. The summed E-state index contributed by atoms with van der Waals surface area (Å²) >= 11 is 0. The van der Waals surface area contributed by atoms with E-state index in [1.165, 1.54) is 0 Å². The summed E-state index contributed by atoms with van der Waals surface area (Å²) in [5, 5.41) is 3.31. The quantitative estimate of drug-likeness (QED) is 0.848. The van der Waals surface area contributed by atoms with Crippen LogP contribution in [0.2, 0.25) is 0 Å². The normalized spacial score (nSPS) is 22.5. The Morgan fingerprint density at radius 3 is 2.10 bits per heavy atom. The molecule has 120 valence electrons. The fraction of sp³-hybridized carbons (Fsp3) is 0.875. The molecule has 2 heterocycles. The number of nitrogens with one attached hydrogen (secondary N) is 1. The molecule has 0 bridgehead atoms. The molecule has 0 aliphatic carbocycles. The van der Waals surface area contributed by atoms with Crippen LogP contribution in [-0.2, 0) is 9.59 Å². The van der Waals surface area contributed by atoms with E-state index in [-0.39, 0.29) is 17.2 Å². The first-order chi connectivity index (χ1) is 9.92. The lowest BCUT2D eigenvalue weighted by Crippen LogP contribution is -2.55. The fourth-order valence-electron chi connectivity index (χ4n) is 3.21. The Hall–Kier alpha value is -1.10. The number of nitrogens with zero attached hydrogens (tertiary/aromatic N) is 2. The van der Waals surface area contributed by atoms with Crippen molar-refractivity contribution in [2.75, 3.05) is 39.3 Å². The molecule has 2 aliphatic rings. The fourth-order valence-corrected chi connectivity index (χ4v) is 3.21. The highest BCUT2D eigenvalue weighted by atomic mass is 16.2. The lowest BCUT2D eigenvalue weighted by atomic mass is 9.79. The van der Waals surface area contributed by atoms with Crippen molar-refractivity contribution >= 4 is 11.8 Å². The molecule has 5 nitrogen and oxygen atoms in total. The topological polar surface area (TPSA) is 52.7 Å². The first-order valence-electron chi connectivity index (χ1n) is 8.20. The van der Waals surface area contributed by atoms with E-state index in [0.29, 0.717) is 38.5 Å². The number of rotatable bonds is 3. The lowest BCUT2D eigenvalue weighted by Gasteiger charge is -2.41. The molecule has 0 spiro atoms. The van der Waals surface area contributed by atoms with Crippen LogP contribution in [0.3, 0.4) is 0 Å². The van der Waals surface area contributed by atoms with E-state index in [0.717, 1.165) is 25.9 Å². The summed E-state index contributed by atoms with van der Waals surface area (Å²) < 4.78 is 0. The van der Waals surface area contributed by atoms with Gasteiger partial charge in [0.2, 0.25) is 11.8 Å². The molecule has 2 fully saturated rings. The highest BCUT2D eigenvalue weighted by Crippen LogP contribution is 2.30. The van der Waals surface area contributed by atoms with Gasteiger partial charge < -0.3 is 15.1 Å². The highest BCUT2D eigenvalue weighted by molar-refractivity contribution is 5.83. The molecule has 0 atom stereocenters. The molecule has 0 aromatic carbocycles. The number of carbonyl (C=O) groups excluding carboxylic acids is 2. The van der Waals surface area contributed by atoms with E-state index < -0.39 is 0 Å². The van der Waals surface area contributed by atoms with Gasteiger partial charge in [-0.3, -0.25) is 9.59 Å². The van der Waals surface area contributed by atoms with Crippen molar-refractivity contribution in [2.24, 2.45) is 11.3 Å². The average molecular weight is 295 g/mol. The Balaban J connectivity index is 1.86. The lowest BCUT2D eigenvalue weighted by molar-refractivity contribution is -0.147. The van der Waals surface area contributed by atoms with E-state index in [2.05, 4.69) is 26.1 Å². The van der Waals surface area contributed by atoms with Gasteiger partial charge in [-0.05, 0) is 31.8 Å². The smallest absolute Gasteiger partial charge is 0.228 e. The van der Waals surface area contributed by atoms with Gasteiger partial charge in [0.05, 0.1) is 0 Å². The Morgan fingerprint density at radius 2 is 1.57 bits per heavy atom. The van der Waals surface area contributed by atoms with Crippen LogP contribution in [0.5, 0.6) is 0 Å². The van der Waals surface area contributed by atoms with Gasteiger partial charge in [0.25, 0.3) is 0 Å². The highest BCUT2D eigenvalue weighted by Gasteiger charge is 2.38. The Morgan fingerprint density at radius 1 is 1.05 bits per heavy atom. The van der Waals surface area contributed by atoms with Crippen molar-refractivity contribution < 1.29 is 9.59 Å². The van der Waals surface area contributed by atoms with Gasteiger partial charge in [-0.15, -0.1) is 0 Å². The molecule has 2 aliphatic heterocycles. The average Bonchev–Trinajstić information content (AvgIpc) is 2.46. The summed E-state index contributed by atoms with van der Waals surface area (Å²) in [5.41, 5.74) is -0.213. The van der Waals surface area contributed by atoms with E-state index in [4.69, 9.17) is 0 Å². The second-order valence-corrected chi connectivity index (χ2v) is 7.08. The minimum atomic E-state index is -0.213. The predicted octanol–water partition coefficient (Wildman–Crippen LogP) is 1.09. The number of piperidine rings is 1. The van der Waals surface area contributed by atoms with Crippen LogP contribution in [0.1, 0.15) is 40.0 Å². The first-order valence-corrected chi connectivity index (χ1v) is 8.20. The van der Waals surface area contributed by atoms with Crippen molar-refractivity contribution in [1.29, 1.82) is 0 Å². The molecule has 1 N–H and O–H groups in total. The molecule has 0 radical (unpaired) electrons. The summed E-state index contributed by atoms with van der Waals surface area (Å²) in [6.45, 7) is 10.8. The maximum absolute atomic E-state index is 12.7. The maximum Gasteiger partial charge on any atom is 0.228 e. The monoisotopic (exact) mass is 295 g/mol. The first kappa shape index (κ1) is 16.3. The van der Waals surface area contributed by atoms with Gasteiger partial charge >= 0.3 is 0 Å². The van der Waals surface area contributed by atoms with Crippen molar-refractivity contribution in [3.05, 3.63) is 0 Å². The standard InChI is InChI=1S/C16H29N3O2/c1-13(2)12-14(20)18-8-10-19(11-9-18)15(21)16(3)4-6-17-7-5-16/h13,17H,4-12H2,1-3H3. The molecule has 2 rings (SSSR count). The van der Waals surface area contributed by atoms with Crippen LogP contribution < -0.4 is 5.32 Å². The van der Waals surface area contributed by atoms with Gasteiger partial charge in [0, 0.05) is 38.0 Å². The number of piperazine rings is 1. The largest absolute Gasteiger partial charge is 0.339 e. The van der Waals surface area contributed by atoms with E-state index >= 15 is 0 Å². The molecule has 0 unspecified atom stereocenters. The van der Waals surface area contributed by atoms with E-state index in [1.807, 2.05) is 9.80 Å². The molecule has 5 heteroatoms. The van der Waals surface area contributed by atoms with Crippen LogP contribution in [0.4, 0.5) is 0 Å². The molecule has 0 saturated carbocycles. The summed E-state index contributed by atoms with van der Waals surface area (Å²) in [6, 6.07) is 0. The van der Waals surface area contributed by atoms with Gasteiger partial charge in [0.1, 0.15) is 0 Å². The van der Waals surface area contributed by atoms with Gasteiger partial charge in [-0.25, -0.2) is 0 Å². The van der Waals surface area contributed by atoms with Crippen molar-refractivity contribution in [3.8, 4) is 0 Å². The molecular weight excluding hydrogens is 266 g/mol. The summed E-state index contributed by atoms with van der Waals surface area (Å²) in [6.07, 6.45) is 2.44. The third-order valence-electron chi connectivity index (χ3n) is 4.73. The van der Waals surface area contributed by atoms with Crippen LogP contribution >= 0.6 is 0 Å². The summed E-state index contributed by atoms with van der Waals surface area (Å²) in [7, 11) is 0. The van der Waals surface area contributed by atoms with Gasteiger partial charge in [-0.1, -0.05) is 20.8 Å². The Bertz CT molecular complexity index is 381. The summed E-state index contributed by atoms with van der Waals surface area (Å²) in [4.78, 5) is 28.7. The number of amides is 2. The molecule has 21 heavy (non-hydrogen) atoms. The third-order valence-corrected chi connectivity index (χ3v) is 4.73. The zero-order valence-electron chi connectivity index (χ0n) is 13.7. The maximum atomic E-state index is 12.7. The third kappa shape index (κ3) is 3.96. The van der Waals surface area contributed by atoms with E-state index in [1.54, 1.807) is 0 Å². The number of hydrogen-bond acceptors (Lipinski definition) is 3. The summed E-state index contributed by atoms with van der Waals surface area (Å²) in [5.74, 6) is 0.899. The van der Waals surface area contributed by atoms with Crippen LogP contribution in [-0.4, -0.2) is 60.9 Å². The molecule has 2 saturated heterocycles. The minimum absolute atomic E-state index is 0.213. The molecular formula is C16H29N3O2. The molecule has 2 amide bonds. The Labute approximate surface area is 128 Å². The Kier molecular flexibility index (Phi) is 5.25.